The average Bonchev–Trinajstić information content (AvgIpc) is 2.97. The Bertz CT molecular complexity index is 721. The molecule has 0 aromatic heterocycles. The van der Waals surface area contributed by atoms with Gasteiger partial charge in [0, 0.05) is 32.0 Å². The summed E-state index contributed by atoms with van der Waals surface area (Å²) >= 11 is 0. The number of rotatable bonds is 8. The molecule has 1 aliphatic carbocycles. The summed E-state index contributed by atoms with van der Waals surface area (Å²) in [6.45, 7) is 1.02. The largest absolute Gasteiger partial charge is 0.354 e. The van der Waals surface area contributed by atoms with Gasteiger partial charge in [0.2, 0.25) is 11.8 Å². The number of carbonyl (C=O) groups is 4. The molecule has 3 rings (SSSR count). The van der Waals surface area contributed by atoms with Gasteiger partial charge in [-0.25, -0.2) is 0 Å². The first-order valence-corrected chi connectivity index (χ1v) is 10.1. The summed E-state index contributed by atoms with van der Waals surface area (Å²) < 4.78 is 0. The SMILES string of the molecule is O=C(CCCN1C(=O)c2ccccc2C1=O)NCCNC(=O)C1CCCCC1. The lowest BCUT2D eigenvalue weighted by molar-refractivity contribution is -0.126. The van der Waals surface area contributed by atoms with Crippen LogP contribution in [0.2, 0.25) is 0 Å². The summed E-state index contributed by atoms with van der Waals surface area (Å²) in [5.74, 6) is -0.551. The number of benzene rings is 1. The molecule has 7 heteroatoms. The molecule has 7 nitrogen and oxygen atoms in total. The highest BCUT2D eigenvalue weighted by molar-refractivity contribution is 6.21. The summed E-state index contributed by atoms with van der Waals surface area (Å²) in [5, 5.41) is 5.64. The lowest BCUT2D eigenvalue weighted by Gasteiger charge is -2.20. The fourth-order valence-corrected chi connectivity index (χ4v) is 3.83. The Morgan fingerprint density at radius 2 is 1.54 bits per heavy atom. The fraction of sp³-hybridized carbons (Fsp3) is 0.524. The van der Waals surface area contributed by atoms with Gasteiger partial charge in [-0.1, -0.05) is 31.4 Å². The summed E-state index contributed by atoms with van der Waals surface area (Å²) in [5.41, 5.74) is 0.844. The van der Waals surface area contributed by atoms with E-state index in [0.29, 0.717) is 30.6 Å². The zero-order valence-corrected chi connectivity index (χ0v) is 16.0. The topological polar surface area (TPSA) is 95.6 Å². The Hall–Kier alpha value is -2.70. The Kier molecular flexibility index (Phi) is 6.79. The van der Waals surface area contributed by atoms with Gasteiger partial charge in [0.25, 0.3) is 11.8 Å². The van der Waals surface area contributed by atoms with Crippen LogP contribution in [-0.2, 0) is 9.59 Å². The Balaban J connectivity index is 1.30. The van der Waals surface area contributed by atoms with Crippen molar-refractivity contribution in [3.63, 3.8) is 0 Å². The van der Waals surface area contributed by atoms with E-state index in [2.05, 4.69) is 10.6 Å². The second kappa shape index (κ2) is 9.48. The van der Waals surface area contributed by atoms with E-state index in [1.165, 1.54) is 11.3 Å². The van der Waals surface area contributed by atoms with Crippen LogP contribution < -0.4 is 10.6 Å². The van der Waals surface area contributed by atoms with Crippen LogP contribution in [0.3, 0.4) is 0 Å². The van der Waals surface area contributed by atoms with Gasteiger partial charge in [0.1, 0.15) is 0 Å². The monoisotopic (exact) mass is 385 g/mol. The highest BCUT2D eigenvalue weighted by atomic mass is 16.2. The van der Waals surface area contributed by atoms with E-state index in [1.54, 1.807) is 24.3 Å². The van der Waals surface area contributed by atoms with E-state index in [-0.39, 0.29) is 42.5 Å². The zero-order chi connectivity index (χ0) is 19.9. The van der Waals surface area contributed by atoms with Crippen LogP contribution in [0.5, 0.6) is 0 Å². The van der Waals surface area contributed by atoms with Gasteiger partial charge >= 0.3 is 0 Å². The molecule has 1 heterocycles. The fourth-order valence-electron chi connectivity index (χ4n) is 3.83. The smallest absolute Gasteiger partial charge is 0.261 e. The van der Waals surface area contributed by atoms with Gasteiger partial charge in [-0.3, -0.25) is 24.1 Å². The van der Waals surface area contributed by atoms with Crippen LogP contribution >= 0.6 is 0 Å². The highest BCUT2D eigenvalue weighted by Crippen LogP contribution is 2.24. The standard InChI is InChI=1S/C21H27N3O4/c25-18(22-12-13-23-19(26)15-7-2-1-3-8-15)11-6-14-24-20(27)16-9-4-5-10-17(16)21(24)28/h4-5,9-10,15H,1-3,6-8,11-14H2,(H,22,25)(H,23,26). The number of hydrogen-bond donors (Lipinski definition) is 2. The van der Waals surface area contributed by atoms with Crippen molar-refractivity contribution in [3.05, 3.63) is 35.4 Å². The molecule has 150 valence electrons. The van der Waals surface area contributed by atoms with E-state index < -0.39 is 0 Å². The third kappa shape index (κ3) is 4.77. The van der Waals surface area contributed by atoms with Crippen molar-refractivity contribution in [2.75, 3.05) is 19.6 Å². The first-order chi connectivity index (χ1) is 13.6. The van der Waals surface area contributed by atoms with E-state index in [1.807, 2.05) is 0 Å². The van der Waals surface area contributed by atoms with Crippen molar-refractivity contribution in [1.82, 2.24) is 15.5 Å². The summed E-state index contributed by atoms with van der Waals surface area (Å²) in [6.07, 6.45) is 5.98. The molecular formula is C21H27N3O4. The molecule has 1 fully saturated rings. The molecule has 1 aromatic carbocycles. The van der Waals surface area contributed by atoms with E-state index >= 15 is 0 Å². The zero-order valence-electron chi connectivity index (χ0n) is 16.0. The molecule has 1 aromatic rings. The molecule has 0 spiro atoms. The van der Waals surface area contributed by atoms with E-state index in [4.69, 9.17) is 0 Å². The molecule has 0 bridgehead atoms. The molecule has 0 unspecified atom stereocenters. The molecule has 1 saturated carbocycles. The average molecular weight is 385 g/mol. The van der Waals surface area contributed by atoms with Crippen LogP contribution in [0, 0.1) is 5.92 Å². The Labute approximate surface area is 164 Å². The third-order valence-electron chi connectivity index (χ3n) is 5.39. The summed E-state index contributed by atoms with van der Waals surface area (Å²) in [4.78, 5) is 49.7. The molecule has 4 amide bonds. The first kappa shape index (κ1) is 20.0. The lowest BCUT2D eigenvalue weighted by atomic mass is 9.89. The molecule has 0 atom stereocenters. The second-order valence-corrected chi connectivity index (χ2v) is 7.39. The highest BCUT2D eigenvalue weighted by Gasteiger charge is 2.34. The van der Waals surface area contributed by atoms with Crippen molar-refractivity contribution < 1.29 is 19.2 Å². The van der Waals surface area contributed by atoms with Crippen LogP contribution in [0.1, 0.15) is 65.7 Å². The first-order valence-electron chi connectivity index (χ1n) is 10.1. The van der Waals surface area contributed by atoms with Crippen molar-refractivity contribution in [1.29, 1.82) is 0 Å². The van der Waals surface area contributed by atoms with Crippen molar-refractivity contribution in [2.24, 2.45) is 5.92 Å². The number of hydrogen-bond acceptors (Lipinski definition) is 4. The predicted molar refractivity (Wildman–Crippen MR) is 104 cm³/mol. The predicted octanol–water partition coefficient (Wildman–Crippen LogP) is 1.88. The van der Waals surface area contributed by atoms with Crippen LogP contribution in [0.15, 0.2) is 24.3 Å². The molecule has 2 aliphatic rings. The number of nitrogens with one attached hydrogen (secondary N) is 2. The second-order valence-electron chi connectivity index (χ2n) is 7.39. The minimum Gasteiger partial charge on any atom is -0.354 e. The minimum absolute atomic E-state index is 0.0829. The van der Waals surface area contributed by atoms with Gasteiger partial charge in [-0.15, -0.1) is 0 Å². The van der Waals surface area contributed by atoms with Crippen LogP contribution in [0.25, 0.3) is 0 Å². The number of fused-ring (bicyclic) bond motifs is 1. The van der Waals surface area contributed by atoms with Gasteiger partial charge in [0.15, 0.2) is 0 Å². The summed E-state index contributed by atoms with van der Waals surface area (Å²) in [6, 6.07) is 6.75. The van der Waals surface area contributed by atoms with Gasteiger partial charge < -0.3 is 10.6 Å². The number of nitrogens with zero attached hydrogens (tertiary/aromatic N) is 1. The molecular weight excluding hydrogens is 358 g/mol. The minimum atomic E-state index is -0.300. The number of carbonyl (C=O) groups excluding carboxylic acids is 4. The maximum Gasteiger partial charge on any atom is 0.261 e. The van der Waals surface area contributed by atoms with Crippen molar-refractivity contribution in [2.45, 2.75) is 44.9 Å². The van der Waals surface area contributed by atoms with Crippen LogP contribution in [0.4, 0.5) is 0 Å². The van der Waals surface area contributed by atoms with Crippen molar-refractivity contribution in [3.8, 4) is 0 Å². The Morgan fingerprint density at radius 1 is 0.929 bits per heavy atom. The number of imide groups is 1. The normalized spacial score (nSPS) is 16.8. The van der Waals surface area contributed by atoms with Gasteiger partial charge in [-0.2, -0.15) is 0 Å². The van der Waals surface area contributed by atoms with Crippen molar-refractivity contribution >= 4 is 23.6 Å². The van der Waals surface area contributed by atoms with Gasteiger partial charge in [0.05, 0.1) is 11.1 Å². The maximum atomic E-state index is 12.3. The molecule has 2 N–H and O–H groups in total. The quantitative estimate of drug-likeness (QED) is 0.528. The maximum absolute atomic E-state index is 12.3. The molecule has 0 radical (unpaired) electrons. The lowest BCUT2D eigenvalue weighted by Crippen LogP contribution is -2.38. The molecule has 0 saturated heterocycles. The molecule has 28 heavy (non-hydrogen) atoms. The van der Waals surface area contributed by atoms with Gasteiger partial charge in [-0.05, 0) is 31.4 Å². The summed E-state index contributed by atoms with van der Waals surface area (Å²) in [7, 11) is 0. The third-order valence-corrected chi connectivity index (χ3v) is 5.39. The Morgan fingerprint density at radius 3 is 2.18 bits per heavy atom. The van der Waals surface area contributed by atoms with E-state index in [9.17, 15) is 19.2 Å². The van der Waals surface area contributed by atoms with E-state index in [0.717, 1.165) is 25.7 Å². The number of amides is 4. The molecule has 1 aliphatic heterocycles. The van der Waals surface area contributed by atoms with Crippen LogP contribution in [-0.4, -0.2) is 48.2 Å².